The van der Waals surface area contributed by atoms with Crippen LogP contribution in [0.1, 0.15) is 122 Å². The van der Waals surface area contributed by atoms with Gasteiger partial charge in [-0.25, -0.2) is 0 Å². The summed E-state index contributed by atoms with van der Waals surface area (Å²) in [6.07, 6.45) is 10.9. The topological polar surface area (TPSA) is 259 Å². The van der Waals surface area contributed by atoms with Gasteiger partial charge in [0.05, 0.1) is 6.04 Å². The Morgan fingerprint density at radius 3 is 2.17 bits per heavy atom. The van der Waals surface area contributed by atoms with Crippen LogP contribution < -0.4 is 32.3 Å². The van der Waals surface area contributed by atoms with Gasteiger partial charge >= 0.3 is 5.97 Å². The van der Waals surface area contributed by atoms with Crippen molar-refractivity contribution >= 4 is 41.3 Å². The van der Waals surface area contributed by atoms with Crippen molar-refractivity contribution < 1.29 is 48.5 Å². The lowest BCUT2D eigenvalue weighted by Crippen LogP contribution is -2.57. The number of ether oxygens (including phenoxy) is 1. The first-order valence-electron chi connectivity index (χ1n) is 22.3. The molecular weight excluding hydrogens is 811 g/mol. The van der Waals surface area contributed by atoms with E-state index in [1.165, 1.54) is 101 Å². The molecule has 5 unspecified atom stereocenters. The molecule has 0 aliphatic carbocycles. The van der Waals surface area contributed by atoms with E-state index in [2.05, 4.69) is 33.5 Å². The Morgan fingerprint density at radius 1 is 0.857 bits per heavy atom. The van der Waals surface area contributed by atoms with Crippen LogP contribution in [0.4, 0.5) is 0 Å². The second-order valence-electron chi connectivity index (χ2n) is 16.3. The van der Waals surface area contributed by atoms with Crippen LogP contribution in [0.15, 0.2) is 36.4 Å². The van der Waals surface area contributed by atoms with Gasteiger partial charge in [-0.2, -0.15) is 0 Å². The lowest BCUT2D eigenvalue weighted by molar-refractivity contribution is -0.146. The van der Waals surface area contributed by atoms with Crippen LogP contribution in [0.25, 0.3) is 11.1 Å². The number of nitrogens with two attached hydrogens (primary N) is 1. The molecule has 17 heteroatoms. The number of likely N-dealkylation sites (N-methyl/N-ethyl adjacent to an activating group) is 1. The number of benzene rings is 2. The molecule has 0 saturated heterocycles. The average Bonchev–Trinajstić information content (AvgIpc) is 3.24. The molecule has 1 aliphatic rings. The standard InChI is InChI=1S/C46H69N7O10/c1-6-7-8-9-10-11-12-15-23-48-24-21-41(58)51-36(16-13-14-22-47)46(62)53(5)42-33-18-20-39(56)35(27-33)34-25-32(17-19-38(34)55)26-37(52-43(59)30(3)50-45(42)61)44(60)49-29(2)40(57)28-63-31(4)54/h17-20,25,27,29-30,36-37,42,48,55-56H,6-16,21-24,26,28,47H2,1-5H3,(H,49,60)(H,50,61)(H,51,58)(H,52,59). The Balaban J connectivity index is 1.88. The van der Waals surface area contributed by atoms with E-state index in [9.17, 15) is 43.8 Å². The zero-order valence-corrected chi connectivity index (χ0v) is 37.6. The van der Waals surface area contributed by atoms with Crippen molar-refractivity contribution in [2.45, 2.75) is 141 Å². The molecule has 0 radical (unpaired) electrons. The van der Waals surface area contributed by atoms with Gasteiger partial charge in [0.2, 0.25) is 29.5 Å². The van der Waals surface area contributed by atoms with Crippen molar-refractivity contribution in [3.8, 4) is 22.6 Å². The van der Waals surface area contributed by atoms with Crippen LogP contribution in [-0.2, 0) is 44.7 Å². The van der Waals surface area contributed by atoms with Crippen molar-refractivity contribution in [1.29, 1.82) is 0 Å². The van der Waals surface area contributed by atoms with E-state index in [-0.39, 0.29) is 53.4 Å². The molecule has 0 aromatic heterocycles. The van der Waals surface area contributed by atoms with Crippen molar-refractivity contribution in [1.82, 2.24) is 31.5 Å². The number of aromatic hydroxyl groups is 2. The van der Waals surface area contributed by atoms with E-state index < -0.39 is 72.2 Å². The quantitative estimate of drug-likeness (QED) is 0.0559. The molecule has 0 spiro atoms. The SMILES string of the molecule is CCCCCCCCCCNCCC(=O)NC(CCCCN)C(=O)N(C)C1C(=O)NC(C)C(=O)NC(C(=O)NC(C)C(=O)COC(C)=O)Cc2ccc(O)c(c2)-c2cc1ccc2O. The number of ketones is 1. The van der Waals surface area contributed by atoms with E-state index >= 15 is 0 Å². The summed E-state index contributed by atoms with van der Waals surface area (Å²) in [5.41, 5.74) is 6.68. The average molecular weight is 880 g/mol. The van der Waals surface area contributed by atoms with E-state index in [1.807, 2.05) is 0 Å². The number of nitrogens with one attached hydrogen (secondary N) is 5. The highest BCUT2D eigenvalue weighted by Crippen LogP contribution is 2.39. The number of carbonyl (C=O) groups is 7. The van der Waals surface area contributed by atoms with Crippen LogP contribution in [0, 0.1) is 0 Å². The molecule has 63 heavy (non-hydrogen) atoms. The van der Waals surface area contributed by atoms with Crippen molar-refractivity contribution in [3.63, 3.8) is 0 Å². The second kappa shape index (κ2) is 26.8. The van der Waals surface area contributed by atoms with E-state index in [4.69, 9.17) is 10.5 Å². The van der Waals surface area contributed by atoms with E-state index in [1.54, 1.807) is 0 Å². The number of phenolic OH excluding ortho intramolecular Hbond substituents is 2. The fraction of sp³-hybridized carbons (Fsp3) is 0.587. The lowest BCUT2D eigenvalue weighted by Gasteiger charge is -2.32. The highest BCUT2D eigenvalue weighted by molar-refractivity contribution is 5.97. The molecule has 4 bridgehead atoms. The predicted molar refractivity (Wildman–Crippen MR) is 238 cm³/mol. The number of nitrogens with zero attached hydrogens (tertiary/aromatic N) is 1. The Hall–Kier alpha value is -5.55. The highest BCUT2D eigenvalue weighted by Gasteiger charge is 2.36. The van der Waals surface area contributed by atoms with Crippen LogP contribution in [0.5, 0.6) is 11.5 Å². The molecule has 17 nitrogen and oxygen atoms in total. The summed E-state index contributed by atoms with van der Waals surface area (Å²) in [7, 11) is 1.41. The smallest absolute Gasteiger partial charge is 0.303 e. The summed E-state index contributed by atoms with van der Waals surface area (Å²) < 4.78 is 4.76. The minimum atomic E-state index is -1.41. The maximum atomic E-state index is 14.4. The maximum absolute atomic E-state index is 14.4. The van der Waals surface area contributed by atoms with Gasteiger partial charge in [-0.1, -0.05) is 64.0 Å². The number of carbonyl (C=O) groups excluding carboxylic acids is 7. The minimum absolute atomic E-state index is 0.109. The van der Waals surface area contributed by atoms with E-state index in [0.717, 1.165) is 26.3 Å². The third-order valence-electron chi connectivity index (χ3n) is 11.1. The monoisotopic (exact) mass is 880 g/mol. The Labute approximate surface area is 371 Å². The molecule has 1 heterocycles. The van der Waals surface area contributed by atoms with Crippen molar-refractivity contribution in [3.05, 3.63) is 47.5 Å². The van der Waals surface area contributed by atoms with Gasteiger partial charge in [0.25, 0.3) is 0 Å². The van der Waals surface area contributed by atoms with Gasteiger partial charge in [-0.3, -0.25) is 33.6 Å². The van der Waals surface area contributed by atoms with Gasteiger partial charge in [0.15, 0.2) is 12.4 Å². The normalized spacial score (nSPS) is 17.3. The number of fused-ring (bicyclic) bond motifs is 5. The molecule has 5 amide bonds. The Kier molecular flexibility index (Phi) is 22.0. The Morgan fingerprint density at radius 2 is 1.51 bits per heavy atom. The van der Waals surface area contributed by atoms with Gasteiger partial charge in [-0.05, 0) is 88.0 Å². The molecule has 348 valence electrons. The number of esters is 1. The highest BCUT2D eigenvalue weighted by atomic mass is 16.5. The van der Waals surface area contributed by atoms with Gasteiger partial charge in [0.1, 0.15) is 35.7 Å². The maximum Gasteiger partial charge on any atom is 0.303 e. The fourth-order valence-electron chi connectivity index (χ4n) is 7.31. The van der Waals surface area contributed by atoms with Crippen LogP contribution >= 0.6 is 0 Å². The first-order chi connectivity index (χ1) is 30.1. The third-order valence-corrected chi connectivity index (χ3v) is 11.1. The largest absolute Gasteiger partial charge is 0.507 e. The predicted octanol–water partition coefficient (Wildman–Crippen LogP) is 3.18. The van der Waals surface area contributed by atoms with Gasteiger partial charge in [-0.15, -0.1) is 0 Å². The van der Waals surface area contributed by atoms with Crippen molar-refractivity contribution in [2.24, 2.45) is 5.73 Å². The molecule has 2 aromatic carbocycles. The summed E-state index contributed by atoms with van der Waals surface area (Å²) in [6, 6.07) is 2.53. The Bertz CT molecular complexity index is 1870. The molecule has 1 aliphatic heterocycles. The third kappa shape index (κ3) is 16.9. The molecule has 3 rings (SSSR count). The number of hydrogen-bond donors (Lipinski definition) is 8. The molecule has 9 N–H and O–H groups in total. The number of rotatable bonds is 24. The lowest BCUT2D eigenvalue weighted by atomic mass is 9.93. The zero-order chi connectivity index (χ0) is 46.5. The summed E-state index contributed by atoms with van der Waals surface area (Å²) in [4.78, 5) is 94.3. The van der Waals surface area contributed by atoms with Gasteiger partial charge in [0, 0.05) is 44.5 Å². The zero-order valence-electron chi connectivity index (χ0n) is 37.6. The molecule has 2 aromatic rings. The molecular formula is C46H69N7O10. The van der Waals surface area contributed by atoms with Crippen LogP contribution in [-0.4, -0.2) is 114 Å². The second-order valence-corrected chi connectivity index (χ2v) is 16.3. The summed E-state index contributed by atoms with van der Waals surface area (Å²) in [5.74, 6) is -5.02. The van der Waals surface area contributed by atoms with Crippen molar-refractivity contribution in [2.75, 3.05) is 33.3 Å². The van der Waals surface area contributed by atoms with Crippen LogP contribution in [0.3, 0.4) is 0 Å². The van der Waals surface area contributed by atoms with Crippen LogP contribution in [0.2, 0.25) is 0 Å². The fourth-order valence-corrected chi connectivity index (χ4v) is 7.31. The number of amides is 5. The number of hydrogen-bond acceptors (Lipinski definition) is 12. The minimum Gasteiger partial charge on any atom is -0.507 e. The number of Topliss-reactive ketones (excluding diaryl/α,β-unsaturated/α-hetero) is 1. The number of phenols is 2. The number of unbranched alkanes of at least 4 members (excludes halogenated alkanes) is 8. The first kappa shape index (κ1) is 51.8. The first-order valence-corrected chi connectivity index (χ1v) is 22.3. The molecule has 5 atom stereocenters. The van der Waals surface area contributed by atoms with Gasteiger partial charge < -0.3 is 52.2 Å². The summed E-state index contributed by atoms with van der Waals surface area (Å²) >= 11 is 0. The van der Waals surface area contributed by atoms with E-state index in [0.29, 0.717) is 31.5 Å². The summed E-state index contributed by atoms with van der Waals surface area (Å²) in [5, 5.41) is 36.1. The summed E-state index contributed by atoms with van der Waals surface area (Å²) in [6.45, 7) is 7.14. The molecule has 0 fully saturated rings. The molecule has 0 saturated carbocycles.